The molecule has 0 radical (unpaired) electrons. The van der Waals surface area contributed by atoms with E-state index >= 15 is 0 Å². The maximum Gasteiger partial charge on any atom is 0.295 e. The predicted octanol–water partition coefficient (Wildman–Crippen LogP) is 1.60. The number of pyridine rings is 1. The van der Waals surface area contributed by atoms with Gasteiger partial charge in [-0.1, -0.05) is 0 Å². The summed E-state index contributed by atoms with van der Waals surface area (Å²) in [5.41, 5.74) is 0.374. The number of carbonyl (C=O) groups is 2. The number of rotatable bonds is 5. The van der Waals surface area contributed by atoms with E-state index in [1.165, 1.54) is 6.20 Å². The Bertz CT molecular complexity index is 488. The molecule has 1 atom stereocenters. The van der Waals surface area contributed by atoms with Crippen molar-refractivity contribution >= 4 is 11.7 Å². The lowest BCUT2D eigenvalue weighted by molar-refractivity contribution is -0.130. The van der Waals surface area contributed by atoms with Gasteiger partial charge in [-0.05, 0) is 58.5 Å². The molecule has 0 saturated carbocycles. The number of ketones is 1. The quantitative estimate of drug-likeness (QED) is 0.610. The smallest absolute Gasteiger partial charge is 0.295 e. The summed E-state index contributed by atoms with van der Waals surface area (Å²) in [5, 5.41) is 0. The van der Waals surface area contributed by atoms with Crippen LogP contribution in [0.3, 0.4) is 0 Å². The molecule has 0 unspecified atom stereocenters. The molecule has 0 aromatic carbocycles. The van der Waals surface area contributed by atoms with Gasteiger partial charge in [-0.2, -0.15) is 0 Å². The molecular weight excluding hydrogens is 266 g/mol. The minimum atomic E-state index is -0.445. The Morgan fingerprint density at radius 1 is 1.38 bits per heavy atom. The Morgan fingerprint density at radius 3 is 2.86 bits per heavy atom. The largest absolute Gasteiger partial charge is 0.333 e. The summed E-state index contributed by atoms with van der Waals surface area (Å²) in [5.74, 6) is -0.827. The molecular formula is C16H23N3O2. The van der Waals surface area contributed by atoms with Gasteiger partial charge in [0.25, 0.3) is 11.7 Å². The fourth-order valence-electron chi connectivity index (χ4n) is 2.73. The molecule has 1 saturated heterocycles. The Balaban J connectivity index is 2.06. The van der Waals surface area contributed by atoms with Crippen LogP contribution in [0.4, 0.5) is 0 Å². The highest BCUT2D eigenvalue weighted by molar-refractivity contribution is 6.42. The molecule has 1 aliphatic heterocycles. The summed E-state index contributed by atoms with van der Waals surface area (Å²) in [4.78, 5) is 32.6. The van der Waals surface area contributed by atoms with Crippen LogP contribution < -0.4 is 0 Å². The first-order valence-corrected chi connectivity index (χ1v) is 7.49. The third-order valence-corrected chi connectivity index (χ3v) is 3.92. The zero-order valence-electron chi connectivity index (χ0n) is 12.8. The van der Waals surface area contributed by atoms with Gasteiger partial charge in [0, 0.05) is 30.5 Å². The van der Waals surface area contributed by atoms with Gasteiger partial charge in [0.15, 0.2) is 0 Å². The number of aromatic nitrogens is 1. The van der Waals surface area contributed by atoms with Crippen molar-refractivity contribution in [1.29, 1.82) is 0 Å². The summed E-state index contributed by atoms with van der Waals surface area (Å²) >= 11 is 0. The van der Waals surface area contributed by atoms with Gasteiger partial charge in [0.1, 0.15) is 0 Å². The number of piperidine rings is 1. The first-order chi connectivity index (χ1) is 10.1. The SMILES string of the molecule is CN(C)CC[C@@H]1CCCCN1C(=O)C(=O)c1cccnc1. The van der Waals surface area contributed by atoms with Crippen molar-refractivity contribution in [3.8, 4) is 0 Å². The van der Waals surface area contributed by atoms with E-state index in [9.17, 15) is 9.59 Å². The lowest BCUT2D eigenvalue weighted by Gasteiger charge is -2.36. The highest BCUT2D eigenvalue weighted by Crippen LogP contribution is 2.21. The van der Waals surface area contributed by atoms with Gasteiger partial charge in [-0.15, -0.1) is 0 Å². The van der Waals surface area contributed by atoms with E-state index in [2.05, 4.69) is 9.88 Å². The van der Waals surface area contributed by atoms with Crippen molar-refractivity contribution < 1.29 is 9.59 Å². The van der Waals surface area contributed by atoms with Gasteiger partial charge in [-0.3, -0.25) is 14.6 Å². The van der Waals surface area contributed by atoms with Crippen LogP contribution in [0, 0.1) is 0 Å². The van der Waals surface area contributed by atoms with Crippen molar-refractivity contribution in [2.75, 3.05) is 27.2 Å². The zero-order chi connectivity index (χ0) is 15.2. The topological polar surface area (TPSA) is 53.5 Å². The number of hydrogen-bond acceptors (Lipinski definition) is 4. The van der Waals surface area contributed by atoms with Crippen LogP contribution >= 0.6 is 0 Å². The van der Waals surface area contributed by atoms with Crippen LogP contribution in [0.2, 0.25) is 0 Å². The average Bonchev–Trinajstić information content (AvgIpc) is 2.52. The Morgan fingerprint density at radius 2 is 2.19 bits per heavy atom. The van der Waals surface area contributed by atoms with Crippen LogP contribution in [0.25, 0.3) is 0 Å². The fourth-order valence-corrected chi connectivity index (χ4v) is 2.73. The van der Waals surface area contributed by atoms with Crippen LogP contribution in [0.15, 0.2) is 24.5 Å². The van der Waals surface area contributed by atoms with Crippen molar-refractivity contribution in [2.45, 2.75) is 31.7 Å². The maximum atomic E-state index is 12.5. The van der Waals surface area contributed by atoms with Crippen LogP contribution in [0.1, 0.15) is 36.0 Å². The van der Waals surface area contributed by atoms with Crippen molar-refractivity contribution in [3.63, 3.8) is 0 Å². The van der Waals surface area contributed by atoms with E-state index in [1.807, 2.05) is 14.1 Å². The first kappa shape index (κ1) is 15.6. The minimum Gasteiger partial charge on any atom is -0.333 e. The normalized spacial score (nSPS) is 18.8. The van der Waals surface area contributed by atoms with Gasteiger partial charge in [0.05, 0.1) is 0 Å². The Hall–Kier alpha value is -1.75. The van der Waals surface area contributed by atoms with E-state index < -0.39 is 5.78 Å². The molecule has 1 aliphatic rings. The van der Waals surface area contributed by atoms with Gasteiger partial charge >= 0.3 is 0 Å². The number of Topliss-reactive ketones (excluding diaryl/α,β-unsaturated/α-hetero) is 1. The average molecular weight is 289 g/mol. The molecule has 114 valence electrons. The van der Waals surface area contributed by atoms with E-state index in [0.717, 1.165) is 32.2 Å². The van der Waals surface area contributed by atoms with Crippen molar-refractivity contribution in [3.05, 3.63) is 30.1 Å². The molecule has 21 heavy (non-hydrogen) atoms. The van der Waals surface area contributed by atoms with Gasteiger partial charge < -0.3 is 9.80 Å². The summed E-state index contributed by atoms with van der Waals surface area (Å²) in [7, 11) is 4.05. The van der Waals surface area contributed by atoms with Crippen LogP contribution in [-0.4, -0.2) is 59.7 Å². The van der Waals surface area contributed by atoms with Gasteiger partial charge in [-0.25, -0.2) is 0 Å². The van der Waals surface area contributed by atoms with E-state index in [0.29, 0.717) is 12.1 Å². The second kappa shape index (κ2) is 7.31. The standard InChI is InChI=1S/C16H23N3O2/c1-18(2)11-8-14-7-3-4-10-19(14)16(21)15(20)13-6-5-9-17-12-13/h5-6,9,12,14H,3-4,7-8,10-11H2,1-2H3/t14-/m0/s1. The highest BCUT2D eigenvalue weighted by Gasteiger charge is 2.31. The third-order valence-electron chi connectivity index (χ3n) is 3.92. The number of likely N-dealkylation sites (tertiary alicyclic amines) is 1. The number of nitrogens with zero attached hydrogens (tertiary/aromatic N) is 3. The fraction of sp³-hybridized carbons (Fsp3) is 0.562. The predicted molar refractivity (Wildman–Crippen MR) is 81.1 cm³/mol. The summed E-state index contributed by atoms with van der Waals surface area (Å²) < 4.78 is 0. The van der Waals surface area contributed by atoms with E-state index in [-0.39, 0.29) is 11.9 Å². The lowest BCUT2D eigenvalue weighted by Crippen LogP contribution is -2.47. The molecule has 2 heterocycles. The molecule has 1 aromatic heterocycles. The first-order valence-electron chi connectivity index (χ1n) is 7.49. The van der Waals surface area contributed by atoms with Crippen LogP contribution in [0.5, 0.6) is 0 Å². The monoisotopic (exact) mass is 289 g/mol. The summed E-state index contributed by atoms with van der Waals surface area (Å²) in [6.45, 7) is 1.61. The molecule has 1 aromatic rings. The second-order valence-corrected chi connectivity index (χ2v) is 5.81. The molecule has 5 nitrogen and oxygen atoms in total. The molecule has 0 N–H and O–H groups in total. The molecule has 0 bridgehead atoms. The zero-order valence-corrected chi connectivity index (χ0v) is 12.8. The molecule has 0 spiro atoms. The Labute approximate surface area is 126 Å². The van der Waals surface area contributed by atoms with Gasteiger partial charge in [0.2, 0.25) is 0 Å². The molecule has 1 fully saturated rings. The van der Waals surface area contributed by atoms with Crippen molar-refractivity contribution in [1.82, 2.24) is 14.8 Å². The molecule has 1 amide bonds. The molecule has 2 rings (SSSR count). The Kier molecular flexibility index (Phi) is 5.44. The number of amides is 1. The maximum absolute atomic E-state index is 12.5. The molecule has 0 aliphatic carbocycles. The summed E-state index contributed by atoms with van der Waals surface area (Å²) in [6, 6.07) is 3.50. The summed E-state index contributed by atoms with van der Waals surface area (Å²) in [6.07, 6.45) is 7.06. The molecule has 5 heteroatoms. The number of hydrogen-bond donors (Lipinski definition) is 0. The highest BCUT2D eigenvalue weighted by atomic mass is 16.2. The van der Waals surface area contributed by atoms with E-state index in [4.69, 9.17) is 0 Å². The second-order valence-electron chi connectivity index (χ2n) is 5.81. The lowest BCUT2D eigenvalue weighted by atomic mass is 9.98. The number of carbonyl (C=O) groups excluding carboxylic acids is 2. The van der Waals surface area contributed by atoms with Crippen LogP contribution in [-0.2, 0) is 4.79 Å². The van der Waals surface area contributed by atoms with Crippen molar-refractivity contribution in [2.24, 2.45) is 0 Å². The minimum absolute atomic E-state index is 0.175. The van der Waals surface area contributed by atoms with E-state index in [1.54, 1.807) is 23.2 Å². The third kappa shape index (κ3) is 4.11.